The molecule has 3 nitrogen and oxygen atoms in total. The number of nitriles is 1. The van der Waals surface area contributed by atoms with E-state index in [1.807, 2.05) is 18.1 Å². The third kappa shape index (κ3) is 2.65. The zero-order valence-electron chi connectivity index (χ0n) is 8.75. The maximum atomic E-state index is 11.5. The van der Waals surface area contributed by atoms with Crippen LogP contribution in [0.2, 0.25) is 0 Å². The summed E-state index contributed by atoms with van der Waals surface area (Å²) < 4.78 is 0. The van der Waals surface area contributed by atoms with Crippen molar-refractivity contribution in [3.63, 3.8) is 0 Å². The highest BCUT2D eigenvalue weighted by molar-refractivity contribution is 7.99. The number of thioether (sulfide) groups is 1. The second-order valence-corrected chi connectivity index (χ2v) is 4.85. The fraction of sp³-hybridized carbons (Fsp3) is 0.800. The lowest BCUT2D eigenvalue weighted by molar-refractivity contribution is -0.130. The summed E-state index contributed by atoms with van der Waals surface area (Å²) >= 11 is 1.55. The van der Waals surface area contributed by atoms with Crippen molar-refractivity contribution < 1.29 is 4.79 Å². The maximum Gasteiger partial charge on any atom is 0.232 e. The quantitative estimate of drug-likeness (QED) is 0.696. The fourth-order valence-electron chi connectivity index (χ4n) is 1.58. The van der Waals surface area contributed by atoms with Gasteiger partial charge in [0.25, 0.3) is 0 Å². The lowest BCUT2D eigenvalue weighted by atomic mass is 9.82. The molecule has 78 valence electrons. The van der Waals surface area contributed by atoms with Gasteiger partial charge in [-0.2, -0.15) is 17.0 Å². The first kappa shape index (κ1) is 11.4. The Kier molecular flexibility index (Phi) is 3.82. The van der Waals surface area contributed by atoms with E-state index in [1.54, 1.807) is 11.8 Å². The summed E-state index contributed by atoms with van der Waals surface area (Å²) in [6.07, 6.45) is 3.55. The Bertz CT molecular complexity index is 251. The molecule has 1 aliphatic rings. The van der Waals surface area contributed by atoms with Crippen LogP contribution in [0.3, 0.4) is 0 Å². The van der Waals surface area contributed by atoms with Gasteiger partial charge >= 0.3 is 0 Å². The molecule has 1 fully saturated rings. The van der Waals surface area contributed by atoms with Crippen LogP contribution in [0.4, 0.5) is 0 Å². The number of amides is 1. The Morgan fingerprint density at radius 3 is 2.57 bits per heavy atom. The molecule has 0 unspecified atom stereocenters. The number of hydrogen-bond donors (Lipinski definition) is 0. The second kappa shape index (κ2) is 4.70. The normalized spacial score (nSPS) is 20.2. The first-order chi connectivity index (χ1) is 6.61. The highest BCUT2D eigenvalue weighted by Gasteiger charge is 2.31. The highest BCUT2D eigenvalue weighted by Crippen LogP contribution is 2.29. The molecule has 0 N–H and O–H groups in total. The smallest absolute Gasteiger partial charge is 0.232 e. The standard InChI is InChI=1S/C10H16N2OS/c1-10(8-11)3-5-12(6-4-10)9(13)7-14-2/h3-7H2,1-2H3. The van der Waals surface area contributed by atoms with Crippen LogP contribution in [0.5, 0.6) is 0 Å². The summed E-state index contributed by atoms with van der Waals surface area (Å²) in [6, 6.07) is 2.33. The molecule has 1 rings (SSSR count). The van der Waals surface area contributed by atoms with Crippen molar-refractivity contribution >= 4 is 17.7 Å². The number of carbonyl (C=O) groups is 1. The van der Waals surface area contributed by atoms with Gasteiger partial charge in [-0.3, -0.25) is 4.79 Å². The molecule has 0 atom stereocenters. The molecule has 1 amide bonds. The van der Waals surface area contributed by atoms with Gasteiger partial charge in [0.05, 0.1) is 17.2 Å². The number of likely N-dealkylation sites (tertiary alicyclic amines) is 1. The van der Waals surface area contributed by atoms with E-state index in [0.29, 0.717) is 5.75 Å². The van der Waals surface area contributed by atoms with Crippen LogP contribution >= 0.6 is 11.8 Å². The number of hydrogen-bond acceptors (Lipinski definition) is 3. The molecule has 1 saturated heterocycles. The lowest BCUT2D eigenvalue weighted by Gasteiger charge is -2.34. The van der Waals surface area contributed by atoms with Crippen LogP contribution in [0.15, 0.2) is 0 Å². The van der Waals surface area contributed by atoms with Crippen molar-refractivity contribution in [3.05, 3.63) is 0 Å². The molecule has 1 heterocycles. The summed E-state index contributed by atoms with van der Waals surface area (Å²) in [4.78, 5) is 13.4. The third-order valence-electron chi connectivity index (χ3n) is 2.76. The van der Waals surface area contributed by atoms with Crippen LogP contribution in [-0.2, 0) is 4.79 Å². The summed E-state index contributed by atoms with van der Waals surface area (Å²) in [5.41, 5.74) is -0.212. The molecule has 0 aromatic carbocycles. The van der Waals surface area contributed by atoms with Crippen LogP contribution in [-0.4, -0.2) is 35.9 Å². The number of piperidine rings is 1. The lowest BCUT2D eigenvalue weighted by Crippen LogP contribution is -2.42. The maximum absolute atomic E-state index is 11.5. The predicted molar refractivity (Wildman–Crippen MR) is 57.9 cm³/mol. The van der Waals surface area contributed by atoms with Gasteiger partial charge in [0, 0.05) is 13.1 Å². The minimum absolute atomic E-state index is 0.206. The summed E-state index contributed by atoms with van der Waals surface area (Å²) in [5, 5.41) is 8.92. The molecule has 0 aliphatic carbocycles. The van der Waals surface area contributed by atoms with Crippen molar-refractivity contribution in [2.24, 2.45) is 5.41 Å². The summed E-state index contributed by atoms with van der Waals surface area (Å²) in [5.74, 6) is 0.765. The van der Waals surface area contributed by atoms with Crippen molar-refractivity contribution in [2.75, 3.05) is 25.1 Å². The molecular formula is C10H16N2OS. The molecule has 0 saturated carbocycles. The first-order valence-electron chi connectivity index (χ1n) is 4.79. The van der Waals surface area contributed by atoms with E-state index < -0.39 is 0 Å². The molecule has 4 heteroatoms. The zero-order chi connectivity index (χ0) is 10.6. The van der Waals surface area contributed by atoms with E-state index >= 15 is 0 Å². The van der Waals surface area contributed by atoms with E-state index in [1.165, 1.54) is 0 Å². The van der Waals surface area contributed by atoms with Gasteiger partial charge in [0.2, 0.25) is 5.91 Å². The van der Waals surface area contributed by atoms with Gasteiger partial charge in [-0.15, -0.1) is 0 Å². The zero-order valence-corrected chi connectivity index (χ0v) is 9.56. The molecular weight excluding hydrogens is 196 g/mol. The van der Waals surface area contributed by atoms with Gasteiger partial charge in [-0.1, -0.05) is 0 Å². The van der Waals surface area contributed by atoms with E-state index in [4.69, 9.17) is 5.26 Å². The van der Waals surface area contributed by atoms with Gasteiger partial charge < -0.3 is 4.90 Å². The number of carbonyl (C=O) groups excluding carboxylic acids is 1. The van der Waals surface area contributed by atoms with Crippen LogP contribution in [0.25, 0.3) is 0 Å². The minimum Gasteiger partial charge on any atom is -0.342 e. The fourth-order valence-corrected chi connectivity index (χ4v) is 2.01. The van der Waals surface area contributed by atoms with Crippen LogP contribution in [0.1, 0.15) is 19.8 Å². The minimum atomic E-state index is -0.212. The predicted octanol–water partition coefficient (Wildman–Crippen LogP) is 1.50. The van der Waals surface area contributed by atoms with E-state index in [0.717, 1.165) is 25.9 Å². The topological polar surface area (TPSA) is 44.1 Å². The average molecular weight is 212 g/mol. The monoisotopic (exact) mass is 212 g/mol. The van der Waals surface area contributed by atoms with E-state index in [2.05, 4.69) is 6.07 Å². The van der Waals surface area contributed by atoms with Crippen molar-refractivity contribution in [2.45, 2.75) is 19.8 Å². The Labute approximate surface area is 89.5 Å². The average Bonchev–Trinajstić information content (AvgIpc) is 2.19. The number of nitrogens with zero attached hydrogens (tertiary/aromatic N) is 2. The van der Waals surface area contributed by atoms with Crippen LogP contribution in [0, 0.1) is 16.7 Å². The van der Waals surface area contributed by atoms with Gasteiger partial charge in [-0.25, -0.2) is 0 Å². The Morgan fingerprint density at radius 1 is 1.57 bits per heavy atom. The molecule has 0 aromatic rings. The molecule has 0 aromatic heterocycles. The molecule has 1 aliphatic heterocycles. The Hall–Kier alpha value is -0.690. The van der Waals surface area contributed by atoms with E-state index in [9.17, 15) is 4.79 Å². The molecule has 14 heavy (non-hydrogen) atoms. The highest BCUT2D eigenvalue weighted by atomic mass is 32.2. The second-order valence-electron chi connectivity index (χ2n) is 3.99. The Balaban J connectivity index is 2.44. The van der Waals surface area contributed by atoms with Gasteiger partial charge in [0.15, 0.2) is 0 Å². The third-order valence-corrected chi connectivity index (χ3v) is 3.29. The molecule has 0 spiro atoms. The van der Waals surface area contributed by atoms with Gasteiger partial charge in [0.1, 0.15) is 0 Å². The van der Waals surface area contributed by atoms with E-state index in [-0.39, 0.29) is 11.3 Å². The molecule has 0 bridgehead atoms. The van der Waals surface area contributed by atoms with Crippen molar-refractivity contribution in [3.8, 4) is 6.07 Å². The number of rotatable bonds is 2. The first-order valence-corrected chi connectivity index (χ1v) is 6.19. The Morgan fingerprint density at radius 2 is 2.14 bits per heavy atom. The van der Waals surface area contributed by atoms with Crippen molar-refractivity contribution in [1.82, 2.24) is 4.90 Å². The SMILES string of the molecule is CSCC(=O)N1CCC(C)(C#N)CC1. The summed E-state index contributed by atoms with van der Waals surface area (Å²) in [7, 11) is 0. The summed E-state index contributed by atoms with van der Waals surface area (Å²) in [6.45, 7) is 3.45. The largest absolute Gasteiger partial charge is 0.342 e. The van der Waals surface area contributed by atoms with Gasteiger partial charge in [-0.05, 0) is 26.0 Å². The molecule has 0 radical (unpaired) electrons. The van der Waals surface area contributed by atoms with Crippen LogP contribution < -0.4 is 0 Å². The van der Waals surface area contributed by atoms with Crippen molar-refractivity contribution in [1.29, 1.82) is 5.26 Å².